The maximum absolute atomic E-state index is 5.98. The van der Waals surface area contributed by atoms with Crippen LogP contribution in [0.25, 0.3) is 11.1 Å². The van der Waals surface area contributed by atoms with Crippen LogP contribution in [0.15, 0.2) is 42.5 Å². The van der Waals surface area contributed by atoms with Gasteiger partial charge in [-0.2, -0.15) is 0 Å². The van der Waals surface area contributed by atoms with Crippen LogP contribution in [0, 0.1) is 6.92 Å². The smallest absolute Gasteiger partial charge is 0.0678 e. The second-order valence-electron chi connectivity index (χ2n) is 3.65. The number of halogens is 1. The molecule has 3 heteroatoms. The number of nitrogens with one attached hydrogen (secondary N) is 1. The van der Waals surface area contributed by atoms with Crippen LogP contribution in [0.5, 0.6) is 0 Å². The highest BCUT2D eigenvalue weighted by molar-refractivity contribution is 6.33. The summed E-state index contributed by atoms with van der Waals surface area (Å²) in [7, 11) is 0. The van der Waals surface area contributed by atoms with E-state index in [1.807, 2.05) is 30.3 Å². The van der Waals surface area contributed by atoms with Gasteiger partial charge in [-0.05, 0) is 35.7 Å². The van der Waals surface area contributed by atoms with Crippen LogP contribution in [-0.2, 0) is 0 Å². The lowest BCUT2D eigenvalue weighted by Crippen LogP contribution is -2.07. The van der Waals surface area contributed by atoms with Crippen LogP contribution in [-0.4, -0.2) is 0 Å². The Labute approximate surface area is 100 Å². The first-order valence-electron chi connectivity index (χ1n) is 5.04. The minimum atomic E-state index is 0.625. The number of benzene rings is 2. The predicted octanol–water partition coefficient (Wildman–Crippen LogP) is 3.60. The molecule has 82 valence electrons. The Hall–Kier alpha value is -1.51. The molecule has 2 aromatic carbocycles. The van der Waals surface area contributed by atoms with E-state index in [-0.39, 0.29) is 0 Å². The summed E-state index contributed by atoms with van der Waals surface area (Å²) >= 11 is 5.98. The fourth-order valence-corrected chi connectivity index (χ4v) is 1.87. The van der Waals surface area contributed by atoms with E-state index < -0.39 is 0 Å². The van der Waals surface area contributed by atoms with E-state index in [2.05, 4.69) is 24.5 Å². The molecule has 0 aliphatic carbocycles. The van der Waals surface area contributed by atoms with Crippen molar-refractivity contribution in [3.8, 4) is 11.1 Å². The molecule has 0 saturated carbocycles. The van der Waals surface area contributed by atoms with E-state index in [0.717, 1.165) is 11.3 Å². The molecule has 0 amide bonds. The third-order valence-electron chi connectivity index (χ3n) is 2.58. The molecule has 2 nitrogen and oxygen atoms in total. The summed E-state index contributed by atoms with van der Waals surface area (Å²) in [6.45, 7) is 2.08. The van der Waals surface area contributed by atoms with E-state index in [9.17, 15) is 0 Å². The van der Waals surface area contributed by atoms with E-state index in [1.165, 1.54) is 11.1 Å². The van der Waals surface area contributed by atoms with Crippen LogP contribution in [0.4, 0.5) is 5.69 Å². The maximum atomic E-state index is 5.98. The number of nitrogens with two attached hydrogens (primary N) is 1. The van der Waals surface area contributed by atoms with Gasteiger partial charge >= 0.3 is 0 Å². The van der Waals surface area contributed by atoms with Gasteiger partial charge in [-0.1, -0.05) is 41.9 Å². The second kappa shape index (κ2) is 4.56. The number of hydrazine groups is 1. The molecule has 2 rings (SSSR count). The number of nitrogen functional groups attached to an aromatic ring is 1. The molecule has 0 aromatic heterocycles. The number of anilines is 1. The van der Waals surface area contributed by atoms with Gasteiger partial charge in [0.25, 0.3) is 0 Å². The van der Waals surface area contributed by atoms with Crippen molar-refractivity contribution in [2.24, 2.45) is 5.84 Å². The van der Waals surface area contributed by atoms with Crippen molar-refractivity contribution >= 4 is 17.3 Å². The van der Waals surface area contributed by atoms with Gasteiger partial charge in [0.05, 0.1) is 10.7 Å². The van der Waals surface area contributed by atoms with Crippen molar-refractivity contribution in [2.75, 3.05) is 5.43 Å². The highest BCUT2D eigenvalue weighted by Gasteiger charge is 2.04. The molecule has 0 heterocycles. The van der Waals surface area contributed by atoms with Crippen molar-refractivity contribution in [2.45, 2.75) is 6.92 Å². The largest absolute Gasteiger partial charge is 0.323 e. The minimum absolute atomic E-state index is 0.625. The van der Waals surface area contributed by atoms with Gasteiger partial charge in [0.1, 0.15) is 0 Å². The zero-order valence-electron chi connectivity index (χ0n) is 9.00. The van der Waals surface area contributed by atoms with Crippen molar-refractivity contribution in [1.29, 1.82) is 0 Å². The standard InChI is InChI=1S/C13H13ClN2/c1-9-4-2-3-5-11(9)10-6-7-12(14)13(8-10)16-15/h2-8,16H,15H2,1H3. The van der Waals surface area contributed by atoms with Gasteiger partial charge in [0, 0.05) is 0 Å². The predicted molar refractivity (Wildman–Crippen MR) is 69.4 cm³/mol. The molecule has 16 heavy (non-hydrogen) atoms. The first-order valence-corrected chi connectivity index (χ1v) is 5.42. The molecule has 0 aliphatic rings. The van der Waals surface area contributed by atoms with Gasteiger partial charge in [-0.15, -0.1) is 0 Å². The molecule has 0 saturated heterocycles. The van der Waals surface area contributed by atoms with E-state index >= 15 is 0 Å². The lowest BCUT2D eigenvalue weighted by molar-refractivity contribution is 1.35. The molecule has 0 bridgehead atoms. The van der Waals surface area contributed by atoms with Gasteiger partial charge in [-0.25, -0.2) is 0 Å². The molecule has 0 spiro atoms. The summed E-state index contributed by atoms with van der Waals surface area (Å²) in [5, 5.41) is 0.625. The zero-order chi connectivity index (χ0) is 11.5. The van der Waals surface area contributed by atoms with Crippen LogP contribution in [0.1, 0.15) is 5.56 Å². The summed E-state index contributed by atoms with van der Waals surface area (Å²) in [5.74, 6) is 5.40. The van der Waals surface area contributed by atoms with E-state index in [4.69, 9.17) is 17.4 Å². The fraction of sp³-hybridized carbons (Fsp3) is 0.0769. The summed E-state index contributed by atoms with van der Waals surface area (Å²) in [6.07, 6.45) is 0. The third-order valence-corrected chi connectivity index (χ3v) is 2.91. The second-order valence-corrected chi connectivity index (χ2v) is 4.06. The lowest BCUT2D eigenvalue weighted by atomic mass is 10.0. The molecule has 0 atom stereocenters. The van der Waals surface area contributed by atoms with E-state index in [0.29, 0.717) is 5.02 Å². The monoisotopic (exact) mass is 232 g/mol. The van der Waals surface area contributed by atoms with Crippen LogP contribution in [0.2, 0.25) is 5.02 Å². The first-order chi connectivity index (χ1) is 7.72. The van der Waals surface area contributed by atoms with Crippen molar-refractivity contribution in [3.63, 3.8) is 0 Å². The van der Waals surface area contributed by atoms with Crippen LogP contribution >= 0.6 is 11.6 Å². The molecule has 3 N–H and O–H groups in total. The van der Waals surface area contributed by atoms with Crippen LogP contribution < -0.4 is 11.3 Å². The molecule has 0 fully saturated rings. The number of aryl methyl sites for hydroxylation is 1. The summed E-state index contributed by atoms with van der Waals surface area (Å²) < 4.78 is 0. The minimum Gasteiger partial charge on any atom is -0.323 e. The lowest BCUT2D eigenvalue weighted by Gasteiger charge is -2.09. The quantitative estimate of drug-likeness (QED) is 0.613. The average Bonchev–Trinajstić information content (AvgIpc) is 2.31. The average molecular weight is 233 g/mol. The Morgan fingerprint density at radius 2 is 1.88 bits per heavy atom. The van der Waals surface area contributed by atoms with Crippen molar-refractivity contribution in [1.82, 2.24) is 0 Å². The highest BCUT2D eigenvalue weighted by atomic mass is 35.5. The summed E-state index contributed by atoms with van der Waals surface area (Å²) in [5.41, 5.74) is 6.86. The number of rotatable bonds is 2. The first kappa shape index (κ1) is 11.0. The Morgan fingerprint density at radius 3 is 2.56 bits per heavy atom. The Bertz CT molecular complexity index is 509. The van der Waals surface area contributed by atoms with E-state index in [1.54, 1.807) is 0 Å². The molecule has 0 aliphatic heterocycles. The third kappa shape index (κ3) is 2.03. The van der Waals surface area contributed by atoms with Gasteiger partial charge in [0.15, 0.2) is 0 Å². The summed E-state index contributed by atoms with van der Waals surface area (Å²) in [4.78, 5) is 0. The van der Waals surface area contributed by atoms with Crippen molar-refractivity contribution < 1.29 is 0 Å². The molecular formula is C13H13ClN2. The Morgan fingerprint density at radius 1 is 1.12 bits per heavy atom. The summed E-state index contributed by atoms with van der Waals surface area (Å²) in [6, 6.07) is 14.0. The van der Waals surface area contributed by atoms with Gasteiger partial charge in [-0.3, -0.25) is 5.84 Å². The maximum Gasteiger partial charge on any atom is 0.0678 e. The Kier molecular flexibility index (Phi) is 3.13. The fourth-order valence-electron chi connectivity index (χ4n) is 1.70. The van der Waals surface area contributed by atoms with Crippen molar-refractivity contribution in [3.05, 3.63) is 53.1 Å². The van der Waals surface area contributed by atoms with Gasteiger partial charge in [0.2, 0.25) is 0 Å². The van der Waals surface area contributed by atoms with Crippen LogP contribution in [0.3, 0.4) is 0 Å². The molecule has 2 aromatic rings. The normalized spacial score (nSPS) is 10.2. The molecule has 0 radical (unpaired) electrons. The number of hydrogen-bond donors (Lipinski definition) is 2. The molecular weight excluding hydrogens is 220 g/mol. The zero-order valence-corrected chi connectivity index (χ0v) is 9.75. The van der Waals surface area contributed by atoms with Gasteiger partial charge < -0.3 is 5.43 Å². The highest BCUT2D eigenvalue weighted by Crippen LogP contribution is 2.29. The Balaban J connectivity index is 2.53. The molecule has 0 unspecified atom stereocenters. The SMILES string of the molecule is Cc1ccccc1-c1ccc(Cl)c(NN)c1. The number of hydrogen-bond acceptors (Lipinski definition) is 2. The topological polar surface area (TPSA) is 38.0 Å².